The van der Waals surface area contributed by atoms with Crippen molar-refractivity contribution in [3.63, 3.8) is 0 Å². The Hall–Kier alpha value is -1.79. The lowest BCUT2D eigenvalue weighted by Gasteiger charge is -2.30. The number of aromatic nitrogens is 2. The average Bonchev–Trinajstić information content (AvgIpc) is 2.96. The van der Waals surface area contributed by atoms with Gasteiger partial charge in [-0.3, -0.25) is 4.90 Å². The van der Waals surface area contributed by atoms with Crippen molar-refractivity contribution >= 4 is 0 Å². The van der Waals surface area contributed by atoms with Gasteiger partial charge in [-0.25, -0.2) is 13.5 Å². The van der Waals surface area contributed by atoms with Gasteiger partial charge in [0.25, 0.3) is 0 Å². The molecule has 118 valence electrons. The van der Waals surface area contributed by atoms with Gasteiger partial charge in [-0.1, -0.05) is 0 Å². The first-order valence-corrected chi connectivity index (χ1v) is 7.49. The van der Waals surface area contributed by atoms with E-state index in [9.17, 15) is 8.78 Å². The van der Waals surface area contributed by atoms with E-state index in [1.54, 1.807) is 6.20 Å². The Morgan fingerprint density at radius 2 is 1.95 bits per heavy atom. The number of hydrogen-bond donors (Lipinski definition) is 1. The number of aliphatic hydroxyl groups is 1. The molecule has 1 aromatic carbocycles. The van der Waals surface area contributed by atoms with Crippen LogP contribution in [0.5, 0.6) is 0 Å². The second-order valence-electron chi connectivity index (χ2n) is 5.75. The van der Waals surface area contributed by atoms with Gasteiger partial charge in [-0.2, -0.15) is 5.10 Å². The van der Waals surface area contributed by atoms with Crippen molar-refractivity contribution in [2.45, 2.75) is 19.4 Å². The van der Waals surface area contributed by atoms with Gasteiger partial charge >= 0.3 is 0 Å². The van der Waals surface area contributed by atoms with Gasteiger partial charge in [0, 0.05) is 25.4 Å². The first-order chi connectivity index (χ1) is 10.7. The molecule has 0 saturated carbocycles. The molecular formula is C16H19F2N3O. The van der Waals surface area contributed by atoms with E-state index in [2.05, 4.69) is 10.00 Å². The van der Waals surface area contributed by atoms with Crippen LogP contribution >= 0.6 is 0 Å². The molecule has 1 aliphatic heterocycles. The van der Waals surface area contributed by atoms with E-state index in [-0.39, 0.29) is 12.3 Å². The molecule has 0 amide bonds. The SMILES string of the molecule is OCC1CCN(Cc2ccn(-c3ccc(F)cc3F)n2)CC1. The molecule has 0 radical (unpaired) electrons. The van der Waals surface area contributed by atoms with Crippen molar-refractivity contribution in [3.8, 4) is 5.69 Å². The fourth-order valence-corrected chi connectivity index (χ4v) is 2.80. The van der Waals surface area contributed by atoms with E-state index < -0.39 is 11.6 Å². The summed E-state index contributed by atoms with van der Waals surface area (Å²) >= 11 is 0. The van der Waals surface area contributed by atoms with Crippen LogP contribution in [0.25, 0.3) is 5.69 Å². The Labute approximate surface area is 128 Å². The molecular weight excluding hydrogens is 288 g/mol. The van der Waals surface area contributed by atoms with E-state index in [4.69, 9.17) is 5.11 Å². The van der Waals surface area contributed by atoms with Gasteiger partial charge in [-0.15, -0.1) is 0 Å². The van der Waals surface area contributed by atoms with Crippen LogP contribution in [0.4, 0.5) is 8.78 Å². The quantitative estimate of drug-likeness (QED) is 0.943. The third kappa shape index (κ3) is 3.34. The molecule has 0 atom stereocenters. The maximum absolute atomic E-state index is 13.8. The zero-order chi connectivity index (χ0) is 15.5. The van der Waals surface area contributed by atoms with Crippen molar-refractivity contribution in [2.24, 2.45) is 5.92 Å². The number of nitrogens with zero attached hydrogens (tertiary/aromatic N) is 3. The molecule has 2 heterocycles. The summed E-state index contributed by atoms with van der Waals surface area (Å²) in [5, 5.41) is 13.5. The summed E-state index contributed by atoms with van der Waals surface area (Å²) in [7, 11) is 0. The van der Waals surface area contributed by atoms with E-state index in [0.717, 1.165) is 37.7 Å². The zero-order valence-electron chi connectivity index (χ0n) is 12.3. The summed E-state index contributed by atoms with van der Waals surface area (Å²) < 4.78 is 28.1. The molecule has 0 aliphatic carbocycles. The van der Waals surface area contributed by atoms with Crippen LogP contribution in [-0.2, 0) is 6.54 Å². The predicted octanol–water partition coefficient (Wildman–Crippen LogP) is 2.35. The van der Waals surface area contributed by atoms with E-state index in [1.165, 1.54) is 16.8 Å². The summed E-state index contributed by atoms with van der Waals surface area (Å²) in [5.41, 5.74) is 1.10. The summed E-state index contributed by atoms with van der Waals surface area (Å²) in [5.74, 6) is -0.819. The summed E-state index contributed by atoms with van der Waals surface area (Å²) in [6.07, 6.45) is 3.67. The summed E-state index contributed by atoms with van der Waals surface area (Å²) in [6.45, 7) is 2.83. The molecule has 1 aromatic heterocycles. The van der Waals surface area contributed by atoms with Gasteiger partial charge in [0.2, 0.25) is 0 Å². The lowest BCUT2D eigenvalue weighted by molar-refractivity contribution is 0.126. The Morgan fingerprint density at radius 3 is 2.64 bits per heavy atom. The average molecular weight is 307 g/mol. The van der Waals surface area contributed by atoms with Crippen LogP contribution in [0.3, 0.4) is 0 Å². The second kappa shape index (κ2) is 6.54. The van der Waals surface area contributed by atoms with Crippen molar-refractivity contribution in [2.75, 3.05) is 19.7 Å². The third-order valence-electron chi connectivity index (χ3n) is 4.15. The zero-order valence-corrected chi connectivity index (χ0v) is 12.3. The molecule has 0 unspecified atom stereocenters. The smallest absolute Gasteiger partial charge is 0.151 e. The highest BCUT2D eigenvalue weighted by atomic mass is 19.1. The normalized spacial score (nSPS) is 17.0. The molecule has 1 aliphatic rings. The topological polar surface area (TPSA) is 41.3 Å². The Morgan fingerprint density at radius 1 is 1.18 bits per heavy atom. The van der Waals surface area contributed by atoms with Crippen molar-refractivity contribution in [3.05, 3.63) is 47.8 Å². The molecule has 4 nitrogen and oxygen atoms in total. The number of rotatable bonds is 4. The number of likely N-dealkylation sites (tertiary alicyclic amines) is 1. The first-order valence-electron chi connectivity index (χ1n) is 7.49. The fourth-order valence-electron chi connectivity index (χ4n) is 2.80. The Bertz CT molecular complexity index is 636. The maximum atomic E-state index is 13.8. The highest BCUT2D eigenvalue weighted by molar-refractivity contribution is 5.33. The highest BCUT2D eigenvalue weighted by Crippen LogP contribution is 2.19. The van der Waals surface area contributed by atoms with E-state index in [1.807, 2.05) is 6.07 Å². The number of benzene rings is 1. The van der Waals surface area contributed by atoms with Crippen LogP contribution in [0.15, 0.2) is 30.5 Å². The van der Waals surface area contributed by atoms with Crippen molar-refractivity contribution in [1.82, 2.24) is 14.7 Å². The van der Waals surface area contributed by atoms with E-state index in [0.29, 0.717) is 12.5 Å². The Balaban J connectivity index is 1.66. The minimum absolute atomic E-state index is 0.242. The Kier molecular flexibility index (Phi) is 4.49. The summed E-state index contributed by atoms with van der Waals surface area (Å²) in [4.78, 5) is 2.28. The molecule has 6 heteroatoms. The van der Waals surface area contributed by atoms with Gasteiger partial charge in [0.05, 0.1) is 5.69 Å². The lowest BCUT2D eigenvalue weighted by atomic mass is 9.98. The molecule has 3 rings (SSSR count). The summed E-state index contributed by atoms with van der Waals surface area (Å²) in [6, 6.07) is 5.31. The first kappa shape index (κ1) is 15.1. The largest absolute Gasteiger partial charge is 0.396 e. The fraction of sp³-hybridized carbons (Fsp3) is 0.438. The van der Waals surface area contributed by atoms with Crippen molar-refractivity contribution < 1.29 is 13.9 Å². The van der Waals surface area contributed by atoms with Gasteiger partial charge in [-0.05, 0) is 50.0 Å². The molecule has 2 aromatic rings. The van der Waals surface area contributed by atoms with Crippen LogP contribution in [0.1, 0.15) is 18.5 Å². The number of piperidine rings is 1. The van der Waals surface area contributed by atoms with Gasteiger partial charge in [0.1, 0.15) is 11.5 Å². The lowest BCUT2D eigenvalue weighted by Crippen LogP contribution is -2.34. The van der Waals surface area contributed by atoms with Crippen LogP contribution < -0.4 is 0 Å². The van der Waals surface area contributed by atoms with Gasteiger partial charge in [0.15, 0.2) is 5.82 Å². The molecule has 1 N–H and O–H groups in total. The minimum Gasteiger partial charge on any atom is -0.396 e. The number of halogens is 2. The molecule has 0 bridgehead atoms. The van der Waals surface area contributed by atoms with Gasteiger partial charge < -0.3 is 5.11 Å². The third-order valence-corrected chi connectivity index (χ3v) is 4.15. The van der Waals surface area contributed by atoms with Crippen LogP contribution in [-0.4, -0.2) is 39.5 Å². The highest BCUT2D eigenvalue weighted by Gasteiger charge is 2.19. The number of aliphatic hydroxyl groups excluding tert-OH is 1. The van der Waals surface area contributed by atoms with E-state index >= 15 is 0 Å². The number of hydrogen-bond acceptors (Lipinski definition) is 3. The monoisotopic (exact) mass is 307 g/mol. The van der Waals surface area contributed by atoms with Crippen LogP contribution in [0.2, 0.25) is 0 Å². The minimum atomic E-state index is -0.626. The molecule has 0 spiro atoms. The molecule has 1 saturated heterocycles. The van der Waals surface area contributed by atoms with Crippen LogP contribution in [0, 0.1) is 17.6 Å². The standard InChI is InChI=1S/C16H19F2N3O/c17-13-1-2-16(15(18)9-13)21-8-5-14(19-21)10-20-6-3-12(11-22)4-7-20/h1-2,5,8-9,12,22H,3-4,6-7,10-11H2. The maximum Gasteiger partial charge on any atom is 0.151 e. The second-order valence-corrected chi connectivity index (χ2v) is 5.75. The molecule has 22 heavy (non-hydrogen) atoms. The molecule has 1 fully saturated rings. The predicted molar refractivity (Wildman–Crippen MR) is 78.6 cm³/mol. The van der Waals surface area contributed by atoms with Crippen molar-refractivity contribution in [1.29, 1.82) is 0 Å².